The summed E-state index contributed by atoms with van der Waals surface area (Å²) in [6.45, 7) is 8.38. The molecule has 12 heteroatoms. The molecule has 0 unspecified atom stereocenters. The molecule has 0 bridgehead atoms. The number of benzene rings is 2. The Morgan fingerprint density at radius 1 is 0.579 bits per heavy atom. The minimum absolute atomic E-state index is 0.316. The number of nitrogens with one attached hydrogen (secondary N) is 2. The summed E-state index contributed by atoms with van der Waals surface area (Å²) in [5.41, 5.74) is 4.10. The van der Waals surface area contributed by atoms with E-state index in [-0.39, 0.29) is 0 Å². The number of nitrogens with zero attached hydrogens (tertiary/aromatic N) is 2. The Labute approximate surface area is 223 Å². The van der Waals surface area contributed by atoms with Crippen LogP contribution in [0.15, 0.2) is 72.8 Å². The van der Waals surface area contributed by atoms with Gasteiger partial charge in [-0.15, -0.1) is 0 Å². The molecule has 38 heavy (non-hydrogen) atoms. The van der Waals surface area contributed by atoms with Gasteiger partial charge in [-0.3, -0.25) is 19.3 Å². The van der Waals surface area contributed by atoms with Crippen molar-refractivity contribution in [1.29, 1.82) is 0 Å². The van der Waals surface area contributed by atoms with Gasteiger partial charge in [0, 0.05) is 11.1 Å². The van der Waals surface area contributed by atoms with Gasteiger partial charge in [0.2, 0.25) is 0 Å². The zero-order chi connectivity index (χ0) is 27.4. The van der Waals surface area contributed by atoms with Crippen LogP contribution in [0.3, 0.4) is 0 Å². The maximum absolute atomic E-state index is 12.5. The highest BCUT2D eigenvalue weighted by Gasteiger charge is 2.30. The quantitative estimate of drug-likeness (QED) is 0.204. The first-order valence-electron chi connectivity index (χ1n) is 12.4. The first-order valence-corrected chi connectivity index (χ1v) is 15.5. The van der Waals surface area contributed by atoms with Gasteiger partial charge in [-0.05, 0) is 39.8 Å². The Bertz CT molecular complexity index is 1220. The molecule has 4 rings (SSSR count). The Balaban J connectivity index is 0.000000211. The summed E-state index contributed by atoms with van der Waals surface area (Å²) in [7, 11) is -6.58. The summed E-state index contributed by atoms with van der Waals surface area (Å²) in [5.74, 6) is 0. The van der Waals surface area contributed by atoms with Crippen molar-refractivity contribution >= 4 is 26.1 Å². The molecular weight excluding hydrogens is 526 g/mol. The van der Waals surface area contributed by atoms with Crippen LogP contribution >= 0.6 is 15.2 Å². The third-order valence-electron chi connectivity index (χ3n) is 5.05. The van der Waals surface area contributed by atoms with Crippen LogP contribution in [0, 0.1) is 0 Å². The minimum Gasteiger partial charge on any atom is -0.304 e. The molecule has 0 atom stereocenters. The standard InChI is InChI=1S/2C13H17N2O3P/c2*1-3-17-19(16,18-4-2)13-10-12(14-15-13)11-8-6-5-7-9-11/h2*5-10H,3-4H2,1-2H3,(H,14,15). The number of aromatic amines is 2. The molecule has 0 spiro atoms. The highest BCUT2D eigenvalue weighted by molar-refractivity contribution is 7.62. The zero-order valence-corrected chi connectivity index (χ0v) is 23.8. The fourth-order valence-corrected chi connectivity index (χ4v) is 6.42. The maximum Gasteiger partial charge on any atom is 0.378 e. The Morgan fingerprint density at radius 3 is 1.18 bits per heavy atom. The van der Waals surface area contributed by atoms with E-state index in [1.807, 2.05) is 60.7 Å². The van der Waals surface area contributed by atoms with Gasteiger partial charge in [-0.25, -0.2) is 0 Å². The lowest BCUT2D eigenvalue weighted by Crippen LogP contribution is -2.11. The van der Waals surface area contributed by atoms with Crippen LogP contribution in [0.2, 0.25) is 0 Å². The van der Waals surface area contributed by atoms with Crippen molar-refractivity contribution in [3.63, 3.8) is 0 Å². The van der Waals surface area contributed by atoms with Crippen LogP contribution in [-0.4, -0.2) is 46.8 Å². The van der Waals surface area contributed by atoms with Crippen molar-refractivity contribution in [2.45, 2.75) is 27.7 Å². The summed E-state index contributed by atoms with van der Waals surface area (Å²) in [6, 6.07) is 22.7. The van der Waals surface area contributed by atoms with Crippen LogP contribution in [0.4, 0.5) is 0 Å². The van der Waals surface area contributed by atoms with E-state index < -0.39 is 15.2 Å². The second kappa shape index (κ2) is 14.4. The third kappa shape index (κ3) is 7.60. The molecule has 0 saturated heterocycles. The molecule has 10 nitrogen and oxygen atoms in total. The largest absolute Gasteiger partial charge is 0.378 e. The van der Waals surface area contributed by atoms with E-state index in [0.717, 1.165) is 22.5 Å². The van der Waals surface area contributed by atoms with Gasteiger partial charge in [0.25, 0.3) is 0 Å². The lowest BCUT2D eigenvalue weighted by Gasteiger charge is -2.14. The first kappa shape index (κ1) is 29.7. The summed E-state index contributed by atoms with van der Waals surface area (Å²) in [4.78, 5) is 0. The van der Waals surface area contributed by atoms with Crippen molar-refractivity contribution < 1.29 is 27.2 Å². The average molecular weight is 561 g/mol. The van der Waals surface area contributed by atoms with E-state index in [1.165, 1.54) is 0 Å². The van der Waals surface area contributed by atoms with Crippen LogP contribution in [-0.2, 0) is 27.2 Å². The molecule has 0 aliphatic carbocycles. The molecular formula is C26H34N4O6P2. The summed E-state index contributed by atoms with van der Waals surface area (Å²) >= 11 is 0. The molecule has 2 aromatic carbocycles. The second-order valence-electron chi connectivity index (χ2n) is 7.67. The lowest BCUT2D eigenvalue weighted by atomic mass is 10.2. The predicted molar refractivity (Wildman–Crippen MR) is 149 cm³/mol. The highest BCUT2D eigenvalue weighted by atomic mass is 31.2. The Morgan fingerprint density at radius 2 is 0.895 bits per heavy atom. The number of aromatic nitrogens is 4. The normalized spacial score (nSPS) is 11.7. The van der Waals surface area contributed by atoms with Crippen LogP contribution in [0.5, 0.6) is 0 Å². The van der Waals surface area contributed by atoms with Gasteiger partial charge >= 0.3 is 15.2 Å². The van der Waals surface area contributed by atoms with E-state index in [2.05, 4.69) is 20.4 Å². The monoisotopic (exact) mass is 560 g/mol. The van der Waals surface area contributed by atoms with E-state index in [0.29, 0.717) is 37.3 Å². The van der Waals surface area contributed by atoms with Crippen molar-refractivity contribution in [3.05, 3.63) is 72.8 Å². The van der Waals surface area contributed by atoms with Gasteiger partial charge in [0.1, 0.15) is 10.9 Å². The van der Waals surface area contributed by atoms with Crippen LogP contribution in [0.25, 0.3) is 22.5 Å². The van der Waals surface area contributed by atoms with E-state index in [9.17, 15) is 9.13 Å². The van der Waals surface area contributed by atoms with Gasteiger partial charge in [0.15, 0.2) is 0 Å². The molecule has 204 valence electrons. The number of hydrogen-bond donors (Lipinski definition) is 2. The van der Waals surface area contributed by atoms with Gasteiger partial charge in [-0.2, -0.15) is 10.2 Å². The first-order chi connectivity index (χ1) is 18.4. The number of rotatable bonds is 12. The molecule has 0 aliphatic heterocycles. The van der Waals surface area contributed by atoms with E-state index in [4.69, 9.17) is 18.1 Å². The summed E-state index contributed by atoms with van der Waals surface area (Å²) in [6.07, 6.45) is 0. The maximum atomic E-state index is 12.5. The van der Waals surface area contributed by atoms with E-state index >= 15 is 0 Å². The van der Waals surface area contributed by atoms with Gasteiger partial charge in [-0.1, -0.05) is 60.7 Å². The molecule has 2 heterocycles. The van der Waals surface area contributed by atoms with Crippen molar-refractivity contribution in [2.24, 2.45) is 0 Å². The molecule has 0 saturated carbocycles. The molecule has 0 radical (unpaired) electrons. The Hall–Kier alpha value is -2.84. The topological polar surface area (TPSA) is 128 Å². The van der Waals surface area contributed by atoms with Gasteiger partial charge < -0.3 is 18.1 Å². The Kier molecular flexibility index (Phi) is 11.2. The van der Waals surface area contributed by atoms with E-state index in [1.54, 1.807) is 39.8 Å². The highest BCUT2D eigenvalue weighted by Crippen LogP contribution is 2.47. The van der Waals surface area contributed by atoms with Crippen molar-refractivity contribution in [1.82, 2.24) is 20.4 Å². The second-order valence-corrected chi connectivity index (χ2v) is 11.7. The summed E-state index contributed by atoms with van der Waals surface area (Å²) in [5, 5.41) is 13.8. The molecule has 0 fully saturated rings. The molecule has 4 aromatic rings. The van der Waals surface area contributed by atoms with Crippen molar-refractivity contribution in [2.75, 3.05) is 26.4 Å². The summed E-state index contributed by atoms with van der Waals surface area (Å²) < 4.78 is 46.2. The smallest absolute Gasteiger partial charge is 0.304 e. The fraction of sp³-hybridized carbons (Fsp3) is 0.308. The third-order valence-corrected chi connectivity index (χ3v) is 9.08. The molecule has 0 aliphatic rings. The van der Waals surface area contributed by atoms with Crippen LogP contribution < -0.4 is 10.9 Å². The molecule has 2 aromatic heterocycles. The zero-order valence-electron chi connectivity index (χ0n) is 22.0. The fourth-order valence-electron chi connectivity index (χ4n) is 3.45. The molecule has 0 amide bonds. The number of hydrogen-bond acceptors (Lipinski definition) is 8. The predicted octanol–water partition coefficient (Wildman–Crippen LogP) is 5.94. The number of H-pyrrole nitrogens is 2. The van der Waals surface area contributed by atoms with Crippen molar-refractivity contribution in [3.8, 4) is 22.5 Å². The van der Waals surface area contributed by atoms with Crippen LogP contribution in [0.1, 0.15) is 27.7 Å². The average Bonchev–Trinajstić information content (AvgIpc) is 3.62. The molecule has 2 N–H and O–H groups in total. The SMILES string of the molecule is CCOP(=O)(OCC)c1cc(-c2ccccc2)n[nH]1.CCOP(=O)(OCC)c1cc(-c2ccccc2)n[nH]1. The van der Waals surface area contributed by atoms with Gasteiger partial charge in [0.05, 0.1) is 37.8 Å². The minimum atomic E-state index is -3.29. The lowest BCUT2D eigenvalue weighted by molar-refractivity contribution is 0.228.